The number of carbonyl (C=O) groups excluding carboxylic acids is 2. The quantitative estimate of drug-likeness (QED) is 0.117. The zero-order valence-electron chi connectivity index (χ0n) is 22.1. The molecule has 0 saturated carbocycles. The van der Waals surface area contributed by atoms with Crippen LogP contribution >= 0.6 is 0 Å². The van der Waals surface area contributed by atoms with Gasteiger partial charge in [0.2, 0.25) is 0 Å². The SMILES string of the molecule is CCCCCCCC(=O)OC[C@H](O)COC(=O)CCCCCCCCCCCCC(C)CC. The summed E-state index contributed by atoms with van der Waals surface area (Å²) in [7, 11) is 0. The first-order valence-corrected chi connectivity index (χ1v) is 14.0. The molecule has 2 atom stereocenters. The molecule has 5 heteroatoms. The number of hydrogen-bond acceptors (Lipinski definition) is 5. The highest BCUT2D eigenvalue weighted by Crippen LogP contribution is 2.15. The third-order valence-electron chi connectivity index (χ3n) is 6.38. The number of aliphatic hydroxyl groups excluding tert-OH is 1. The molecule has 0 aromatic carbocycles. The summed E-state index contributed by atoms with van der Waals surface area (Å²) in [4.78, 5) is 23.4. The van der Waals surface area contributed by atoms with Crippen molar-refractivity contribution in [2.75, 3.05) is 13.2 Å². The van der Waals surface area contributed by atoms with Crippen LogP contribution in [0.4, 0.5) is 0 Å². The Hall–Kier alpha value is -1.10. The normalized spacial score (nSPS) is 13.0. The van der Waals surface area contributed by atoms with Crippen molar-refractivity contribution in [3.63, 3.8) is 0 Å². The molecule has 0 heterocycles. The van der Waals surface area contributed by atoms with Crippen LogP contribution in [-0.4, -0.2) is 36.4 Å². The molecule has 0 aliphatic carbocycles. The van der Waals surface area contributed by atoms with E-state index in [1.54, 1.807) is 0 Å². The van der Waals surface area contributed by atoms with Gasteiger partial charge in [-0.2, -0.15) is 0 Å². The summed E-state index contributed by atoms with van der Waals surface area (Å²) < 4.78 is 10.1. The van der Waals surface area contributed by atoms with Gasteiger partial charge in [-0.05, 0) is 18.8 Å². The molecule has 1 unspecified atom stereocenters. The van der Waals surface area contributed by atoms with Crippen molar-refractivity contribution in [2.45, 2.75) is 149 Å². The molecule has 0 saturated heterocycles. The van der Waals surface area contributed by atoms with Gasteiger partial charge in [-0.3, -0.25) is 9.59 Å². The predicted molar refractivity (Wildman–Crippen MR) is 136 cm³/mol. The Morgan fingerprint density at radius 3 is 1.45 bits per heavy atom. The zero-order valence-corrected chi connectivity index (χ0v) is 22.1. The van der Waals surface area contributed by atoms with Crippen molar-refractivity contribution in [3.05, 3.63) is 0 Å². The molecule has 0 radical (unpaired) electrons. The van der Waals surface area contributed by atoms with Crippen molar-refractivity contribution in [2.24, 2.45) is 5.92 Å². The highest BCUT2D eigenvalue weighted by molar-refractivity contribution is 5.69. The van der Waals surface area contributed by atoms with Crippen LogP contribution < -0.4 is 0 Å². The van der Waals surface area contributed by atoms with E-state index < -0.39 is 6.10 Å². The van der Waals surface area contributed by atoms with Crippen LogP contribution in [0.3, 0.4) is 0 Å². The van der Waals surface area contributed by atoms with Crippen LogP contribution in [0.1, 0.15) is 143 Å². The fraction of sp³-hybridized carbons (Fsp3) is 0.929. The van der Waals surface area contributed by atoms with Crippen molar-refractivity contribution in [1.82, 2.24) is 0 Å². The number of carbonyl (C=O) groups is 2. The van der Waals surface area contributed by atoms with Crippen LogP contribution in [0, 0.1) is 5.92 Å². The average molecular weight is 471 g/mol. The van der Waals surface area contributed by atoms with E-state index in [2.05, 4.69) is 20.8 Å². The van der Waals surface area contributed by atoms with E-state index in [0.29, 0.717) is 12.8 Å². The average Bonchev–Trinajstić information content (AvgIpc) is 2.81. The first kappa shape index (κ1) is 31.9. The second-order valence-corrected chi connectivity index (χ2v) is 9.77. The largest absolute Gasteiger partial charge is 0.463 e. The number of rotatable bonds is 24. The van der Waals surface area contributed by atoms with Crippen LogP contribution in [0.15, 0.2) is 0 Å². The van der Waals surface area contributed by atoms with Gasteiger partial charge in [-0.1, -0.05) is 117 Å². The molecule has 0 fully saturated rings. The summed E-state index contributed by atoms with van der Waals surface area (Å²) in [5.41, 5.74) is 0. The summed E-state index contributed by atoms with van der Waals surface area (Å²) in [5, 5.41) is 9.83. The first-order chi connectivity index (χ1) is 16.0. The van der Waals surface area contributed by atoms with Crippen molar-refractivity contribution in [3.8, 4) is 0 Å². The van der Waals surface area contributed by atoms with Gasteiger partial charge in [-0.25, -0.2) is 0 Å². The van der Waals surface area contributed by atoms with Crippen LogP contribution in [0.25, 0.3) is 0 Å². The minimum atomic E-state index is -0.951. The lowest BCUT2D eigenvalue weighted by Crippen LogP contribution is -2.25. The van der Waals surface area contributed by atoms with E-state index in [1.165, 1.54) is 70.6 Å². The number of hydrogen-bond donors (Lipinski definition) is 1. The van der Waals surface area contributed by atoms with E-state index in [-0.39, 0.29) is 25.2 Å². The van der Waals surface area contributed by atoms with Gasteiger partial charge >= 0.3 is 11.9 Å². The minimum Gasteiger partial charge on any atom is -0.463 e. The molecule has 0 bridgehead atoms. The fourth-order valence-corrected chi connectivity index (χ4v) is 3.82. The molecule has 33 heavy (non-hydrogen) atoms. The van der Waals surface area contributed by atoms with Crippen LogP contribution in [-0.2, 0) is 19.1 Å². The lowest BCUT2D eigenvalue weighted by atomic mass is 9.99. The van der Waals surface area contributed by atoms with Crippen molar-refractivity contribution >= 4 is 11.9 Å². The number of esters is 2. The topological polar surface area (TPSA) is 72.8 Å². The summed E-state index contributed by atoms with van der Waals surface area (Å²) >= 11 is 0. The molecule has 1 N–H and O–H groups in total. The lowest BCUT2D eigenvalue weighted by Gasteiger charge is -2.12. The molecule has 0 aliphatic rings. The zero-order chi connectivity index (χ0) is 24.6. The molecule has 0 spiro atoms. The van der Waals surface area contributed by atoms with Gasteiger partial charge in [0.25, 0.3) is 0 Å². The molecule has 0 aromatic rings. The van der Waals surface area contributed by atoms with E-state index in [1.807, 2.05) is 0 Å². The van der Waals surface area contributed by atoms with Crippen molar-refractivity contribution in [1.29, 1.82) is 0 Å². The number of aliphatic hydroxyl groups is 1. The maximum atomic E-state index is 11.8. The lowest BCUT2D eigenvalue weighted by molar-refractivity contribution is -0.152. The highest BCUT2D eigenvalue weighted by atomic mass is 16.6. The minimum absolute atomic E-state index is 0.111. The van der Waals surface area contributed by atoms with E-state index in [4.69, 9.17) is 9.47 Å². The summed E-state index contributed by atoms with van der Waals surface area (Å²) in [6.07, 6.45) is 20.2. The Morgan fingerprint density at radius 1 is 0.636 bits per heavy atom. The van der Waals surface area contributed by atoms with Crippen LogP contribution in [0.2, 0.25) is 0 Å². The molecule has 0 rings (SSSR count). The maximum Gasteiger partial charge on any atom is 0.305 e. The second-order valence-electron chi connectivity index (χ2n) is 9.77. The van der Waals surface area contributed by atoms with Gasteiger partial charge < -0.3 is 14.6 Å². The standard InChI is InChI=1S/C28H54O5/c1-4-6-7-14-18-21-27(30)32-23-26(29)24-33-28(31)22-19-16-13-11-9-8-10-12-15-17-20-25(3)5-2/h25-26,29H,4-24H2,1-3H3/t25?,26-/m0/s1. The van der Waals surface area contributed by atoms with E-state index >= 15 is 0 Å². The molecule has 196 valence electrons. The third-order valence-corrected chi connectivity index (χ3v) is 6.38. The Balaban J connectivity index is 3.42. The third kappa shape index (κ3) is 23.8. The number of unbranched alkanes of at least 4 members (excludes halogenated alkanes) is 13. The van der Waals surface area contributed by atoms with E-state index in [0.717, 1.165) is 44.4 Å². The maximum absolute atomic E-state index is 11.8. The Bertz CT molecular complexity index is 452. The second kappa shape index (κ2) is 24.0. The van der Waals surface area contributed by atoms with Gasteiger partial charge in [0.15, 0.2) is 0 Å². The monoisotopic (exact) mass is 470 g/mol. The summed E-state index contributed by atoms with van der Waals surface area (Å²) in [5.74, 6) is 0.305. The Kier molecular flexibility index (Phi) is 23.2. The molecular weight excluding hydrogens is 416 g/mol. The fourth-order valence-electron chi connectivity index (χ4n) is 3.82. The highest BCUT2D eigenvalue weighted by Gasteiger charge is 2.12. The van der Waals surface area contributed by atoms with E-state index in [9.17, 15) is 14.7 Å². The molecule has 5 nitrogen and oxygen atoms in total. The van der Waals surface area contributed by atoms with Gasteiger partial charge in [0, 0.05) is 12.8 Å². The molecule has 0 aromatic heterocycles. The van der Waals surface area contributed by atoms with Crippen molar-refractivity contribution < 1.29 is 24.2 Å². The number of ether oxygens (including phenoxy) is 2. The van der Waals surface area contributed by atoms with Gasteiger partial charge in [-0.15, -0.1) is 0 Å². The Morgan fingerprint density at radius 2 is 1.03 bits per heavy atom. The smallest absolute Gasteiger partial charge is 0.305 e. The van der Waals surface area contributed by atoms with Crippen LogP contribution in [0.5, 0.6) is 0 Å². The Labute approximate surface area is 204 Å². The molecular formula is C28H54O5. The molecule has 0 aliphatic heterocycles. The summed E-state index contributed by atoms with van der Waals surface area (Å²) in [6.45, 7) is 6.55. The first-order valence-electron chi connectivity index (χ1n) is 14.0. The summed E-state index contributed by atoms with van der Waals surface area (Å²) in [6, 6.07) is 0. The predicted octanol–water partition coefficient (Wildman–Crippen LogP) is 7.52. The van der Waals surface area contributed by atoms with Gasteiger partial charge in [0.05, 0.1) is 0 Å². The van der Waals surface area contributed by atoms with Gasteiger partial charge in [0.1, 0.15) is 19.3 Å². The molecule has 0 amide bonds.